The van der Waals surface area contributed by atoms with Gasteiger partial charge in [-0.15, -0.1) is 0 Å². The molecule has 0 saturated heterocycles. The Kier molecular flexibility index (Phi) is 2.64. The topological polar surface area (TPSA) is 21.4 Å². The van der Waals surface area contributed by atoms with Crippen LogP contribution in [0.3, 0.4) is 0 Å². The summed E-state index contributed by atoms with van der Waals surface area (Å²) in [5, 5.41) is 0. The maximum atomic E-state index is 10.8. The van der Waals surface area contributed by atoms with Gasteiger partial charge in [0.05, 0.1) is 0 Å². The minimum Gasteiger partial charge on any atom is -0.305 e. The fourth-order valence-corrected chi connectivity index (χ4v) is 1.35. The van der Waals surface area contributed by atoms with Gasteiger partial charge in [-0.3, -0.25) is 4.79 Å². The minimum absolute atomic E-state index is 0.0342. The van der Waals surface area contributed by atoms with E-state index in [0.717, 1.165) is 6.42 Å². The van der Waals surface area contributed by atoms with Gasteiger partial charge in [0.2, 0.25) is 5.78 Å². The average Bonchev–Trinajstić information content (AvgIpc) is 1.85. The summed E-state index contributed by atoms with van der Waals surface area (Å²) in [6.45, 7) is 8.30. The molecule has 0 aliphatic heterocycles. The lowest BCUT2D eigenvalue weighted by molar-refractivity contribution is -0.117. The zero-order chi connectivity index (χ0) is 8.27. The molecule has 0 bridgehead atoms. The van der Waals surface area contributed by atoms with Crippen LogP contribution in [0.25, 0.3) is 4.85 Å². The van der Waals surface area contributed by atoms with Crippen LogP contribution in [0.1, 0.15) is 32.6 Å². The molecule has 0 N–H and O–H groups in total. The van der Waals surface area contributed by atoms with E-state index in [0.29, 0.717) is 5.92 Å². The standard InChI is InChI=1S/C9H13NO/c1-7(11)9(10-2)6-8-4-3-5-8/h8-9H,3-6H2,1H3. The maximum absolute atomic E-state index is 10.8. The van der Waals surface area contributed by atoms with Gasteiger partial charge < -0.3 is 4.85 Å². The van der Waals surface area contributed by atoms with E-state index in [1.54, 1.807) is 0 Å². The molecule has 0 aromatic heterocycles. The Morgan fingerprint density at radius 1 is 1.73 bits per heavy atom. The number of carbonyl (C=O) groups is 1. The summed E-state index contributed by atoms with van der Waals surface area (Å²) in [6.07, 6.45) is 4.53. The molecule has 2 heteroatoms. The third kappa shape index (κ3) is 2.04. The molecule has 1 aliphatic rings. The molecular formula is C9H13NO. The van der Waals surface area contributed by atoms with Crippen molar-refractivity contribution in [3.63, 3.8) is 0 Å². The van der Waals surface area contributed by atoms with Crippen LogP contribution in [-0.4, -0.2) is 11.8 Å². The second-order valence-electron chi connectivity index (χ2n) is 3.29. The Hall–Kier alpha value is -0.840. The van der Waals surface area contributed by atoms with Gasteiger partial charge in [0.25, 0.3) is 6.04 Å². The summed E-state index contributed by atoms with van der Waals surface area (Å²) < 4.78 is 0. The van der Waals surface area contributed by atoms with Gasteiger partial charge in [0.1, 0.15) is 0 Å². The Balaban J connectivity index is 2.32. The molecule has 0 aromatic carbocycles. The minimum atomic E-state index is -0.347. The van der Waals surface area contributed by atoms with Gasteiger partial charge in [-0.25, -0.2) is 6.57 Å². The summed E-state index contributed by atoms with van der Waals surface area (Å²) in [4.78, 5) is 14.1. The Morgan fingerprint density at radius 2 is 2.36 bits per heavy atom. The summed E-state index contributed by atoms with van der Waals surface area (Å²) in [5.74, 6) is 0.699. The smallest absolute Gasteiger partial charge is 0.280 e. The highest BCUT2D eigenvalue weighted by Gasteiger charge is 2.27. The van der Waals surface area contributed by atoms with Crippen molar-refractivity contribution in [2.24, 2.45) is 5.92 Å². The molecule has 60 valence electrons. The van der Waals surface area contributed by atoms with E-state index in [2.05, 4.69) is 4.85 Å². The summed E-state index contributed by atoms with van der Waals surface area (Å²) in [6, 6.07) is -0.347. The highest BCUT2D eigenvalue weighted by Crippen LogP contribution is 2.31. The number of hydrogen-bond acceptors (Lipinski definition) is 1. The van der Waals surface area contributed by atoms with Gasteiger partial charge in [0, 0.05) is 13.3 Å². The number of Topliss-reactive ketones (excluding diaryl/α,β-unsaturated/α-hetero) is 1. The van der Waals surface area contributed by atoms with Crippen LogP contribution in [0.5, 0.6) is 0 Å². The molecule has 1 fully saturated rings. The van der Waals surface area contributed by atoms with Crippen molar-refractivity contribution in [2.75, 3.05) is 0 Å². The van der Waals surface area contributed by atoms with Gasteiger partial charge in [0.15, 0.2) is 0 Å². The Bertz CT molecular complexity index is 188. The lowest BCUT2D eigenvalue weighted by Gasteiger charge is -2.24. The first-order valence-corrected chi connectivity index (χ1v) is 4.11. The summed E-state index contributed by atoms with van der Waals surface area (Å²) in [7, 11) is 0. The number of carbonyl (C=O) groups excluding carboxylic acids is 1. The van der Waals surface area contributed by atoms with Gasteiger partial charge in [-0.1, -0.05) is 19.3 Å². The lowest BCUT2D eigenvalue weighted by Crippen LogP contribution is -2.22. The van der Waals surface area contributed by atoms with Crippen molar-refractivity contribution in [3.8, 4) is 0 Å². The van der Waals surface area contributed by atoms with Crippen molar-refractivity contribution < 1.29 is 4.79 Å². The largest absolute Gasteiger partial charge is 0.305 e. The lowest BCUT2D eigenvalue weighted by atomic mass is 9.80. The number of nitrogens with zero attached hydrogens (tertiary/aromatic N) is 1. The molecule has 0 radical (unpaired) electrons. The van der Waals surface area contributed by atoms with Crippen LogP contribution < -0.4 is 0 Å². The molecule has 11 heavy (non-hydrogen) atoms. The average molecular weight is 151 g/mol. The fraction of sp³-hybridized carbons (Fsp3) is 0.778. The zero-order valence-corrected chi connectivity index (χ0v) is 6.84. The highest BCUT2D eigenvalue weighted by molar-refractivity contribution is 5.83. The van der Waals surface area contributed by atoms with E-state index < -0.39 is 0 Å². The monoisotopic (exact) mass is 151 g/mol. The molecule has 2 nitrogen and oxygen atoms in total. The molecule has 1 saturated carbocycles. The molecule has 1 aliphatic carbocycles. The van der Waals surface area contributed by atoms with Crippen molar-refractivity contribution in [1.82, 2.24) is 0 Å². The van der Waals surface area contributed by atoms with E-state index in [-0.39, 0.29) is 11.8 Å². The maximum Gasteiger partial charge on any atom is 0.280 e. The van der Waals surface area contributed by atoms with Crippen LogP contribution in [0.15, 0.2) is 0 Å². The first kappa shape index (κ1) is 8.26. The second kappa shape index (κ2) is 3.52. The van der Waals surface area contributed by atoms with Crippen molar-refractivity contribution in [3.05, 3.63) is 11.4 Å². The molecule has 1 unspecified atom stereocenters. The molecule has 0 aromatic rings. The normalized spacial score (nSPS) is 20.0. The van der Waals surface area contributed by atoms with Crippen LogP contribution in [0, 0.1) is 12.5 Å². The van der Waals surface area contributed by atoms with E-state index in [4.69, 9.17) is 6.57 Å². The number of rotatable bonds is 3. The van der Waals surface area contributed by atoms with Crippen LogP contribution in [0.4, 0.5) is 0 Å². The molecule has 0 amide bonds. The van der Waals surface area contributed by atoms with Crippen molar-refractivity contribution in [2.45, 2.75) is 38.6 Å². The quantitative estimate of drug-likeness (QED) is 0.566. The molecule has 0 heterocycles. The molecule has 0 spiro atoms. The van der Waals surface area contributed by atoms with Crippen molar-refractivity contribution in [1.29, 1.82) is 0 Å². The van der Waals surface area contributed by atoms with Crippen LogP contribution in [0.2, 0.25) is 0 Å². The first-order chi connectivity index (χ1) is 5.24. The molecule has 1 atom stereocenters. The number of ketones is 1. The van der Waals surface area contributed by atoms with E-state index in [1.165, 1.54) is 26.2 Å². The molecular weight excluding hydrogens is 138 g/mol. The van der Waals surface area contributed by atoms with E-state index >= 15 is 0 Å². The Morgan fingerprint density at radius 3 is 2.64 bits per heavy atom. The highest BCUT2D eigenvalue weighted by atomic mass is 16.1. The van der Waals surface area contributed by atoms with Gasteiger partial charge in [-0.05, 0) is 5.92 Å². The SMILES string of the molecule is [C-]#[N+]C(CC1CCC1)C(C)=O. The van der Waals surface area contributed by atoms with Crippen LogP contribution in [-0.2, 0) is 4.79 Å². The molecule has 1 rings (SSSR count). The second-order valence-corrected chi connectivity index (χ2v) is 3.29. The predicted octanol–water partition coefficient (Wildman–Crippen LogP) is 2.05. The zero-order valence-electron chi connectivity index (χ0n) is 6.84. The number of hydrogen-bond donors (Lipinski definition) is 0. The van der Waals surface area contributed by atoms with Gasteiger partial charge >= 0.3 is 0 Å². The third-order valence-electron chi connectivity index (χ3n) is 2.41. The first-order valence-electron chi connectivity index (χ1n) is 4.11. The summed E-state index contributed by atoms with van der Waals surface area (Å²) in [5.41, 5.74) is 0. The fourth-order valence-electron chi connectivity index (χ4n) is 1.35. The Labute approximate surface area is 67.4 Å². The van der Waals surface area contributed by atoms with E-state index in [1.807, 2.05) is 0 Å². The predicted molar refractivity (Wildman–Crippen MR) is 43.0 cm³/mol. The van der Waals surface area contributed by atoms with Crippen LogP contribution >= 0.6 is 0 Å². The van der Waals surface area contributed by atoms with E-state index in [9.17, 15) is 4.79 Å². The van der Waals surface area contributed by atoms with Gasteiger partial charge in [-0.2, -0.15) is 0 Å². The summed E-state index contributed by atoms with van der Waals surface area (Å²) >= 11 is 0. The van der Waals surface area contributed by atoms with Crippen molar-refractivity contribution >= 4 is 5.78 Å². The third-order valence-corrected chi connectivity index (χ3v) is 2.41.